The second-order valence-electron chi connectivity index (χ2n) is 4.87. The zero-order chi connectivity index (χ0) is 14.8. The van der Waals surface area contributed by atoms with Crippen LogP contribution < -0.4 is 5.73 Å². The molecule has 0 aliphatic rings. The van der Waals surface area contributed by atoms with Gasteiger partial charge in [-0.25, -0.2) is 4.79 Å². The molecule has 0 atom stereocenters. The predicted octanol–water partition coefficient (Wildman–Crippen LogP) is 3.36. The lowest BCUT2D eigenvalue weighted by molar-refractivity contribution is -0.122. The second kappa shape index (κ2) is 9.13. The third kappa shape index (κ3) is 5.87. The number of nitrogen functional groups attached to an aromatic ring is 1. The number of para-hydroxylation sites is 1. The molecule has 0 saturated carbocycles. The molecule has 1 aromatic rings. The Bertz CT molecular complexity index is 443. The van der Waals surface area contributed by atoms with Gasteiger partial charge in [0, 0.05) is 12.1 Å². The molecule has 1 rings (SSSR count). The van der Waals surface area contributed by atoms with E-state index in [2.05, 4.69) is 6.92 Å². The number of rotatable bonds is 9. The van der Waals surface area contributed by atoms with Gasteiger partial charge in [-0.1, -0.05) is 44.7 Å². The van der Waals surface area contributed by atoms with Crippen molar-refractivity contribution in [2.45, 2.75) is 45.4 Å². The maximum Gasteiger partial charge on any atom is 0.340 e. The number of carbonyl (C=O) groups is 2. The number of hydrogen-bond donors (Lipinski definition) is 1. The highest BCUT2D eigenvalue weighted by Crippen LogP contribution is 2.12. The van der Waals surface area contributed by atoms with Crippen molar-refractivity contribution in [2.24, 2.45) is 0 Å². The van der Waals surface area contributed by atoms with E-state index < -0.39 is 5.97 Å². The normalized spacial score (nSPS) is 10.2. The summed E-state index contributed by atoms with van der Waals surface area (Å²) in [7, 11) is 0. The minimum Gasteiger partial charge on any atom is -0.454 e. The van der Waals surface area contributed by atoms with E-state index in [1.807, 2.05) is 0 Å². The van der Waals surface area contributed by atoms with Crippen LogP contribution in [-0.2, 0) is 9.53 Å². The number of ketones is 1. The first-order chi connectivity index (χ1) is 9.65. The molecule has 4 nitrogen and oxygen atoms in total. The third-order valence-electron chi connectivity index (χ3n) is 3.10. The Kier molecular flexibility index (Phi) is 7.40. The molecule has 110 valence electrons. The van der Waals surface area contributed by atoms with Crippen molar-refractivity contribution in [1.29, 1.82) is 0 Å². The summed E-state index contributed by atoms with van der Waals surface area (Å²) in [5, 5.41) is 0. The number of nitrogens with two attached hydrogens (primary N) is 1. The Hall–Kier alpha value is -1.84. The predicted molar refractivity (Wildman–Crippen MR) is 79.5 cm³/mol. The van der Waals surface area contributed by atoms with Gasteiger partial charge in [0.15, 0.2) is 5.78 Å². The average molecular weight is 277 g/mol. The molecule has 2 N–H and O–H groups in total. The number of anilines is 1. The van der Waals surface area contributed by atoms with E-state index in [9.17, 15) is 9.59 Å². The summed E-state index contributed by atoms with van der Waals surface area (Å²) in [5.74, 6) is -0.577. The fraction of sp³-hybridized carbons (Fsp3) is 0.500. The summed E-state index contributed by atoms with van der Waals surface area (Å²) < 4.78 is 4.98. The Morgan fingerprint density at radius 3 is 2.50 bits per heavy atom. The minimum absolute atomic E-state index is 0.0376. The molecule has 0 amide bonds. The standard InChI is InChI=1S/C16H23NO3/c1-2-3-4-5-6-9-13(18)12-20-16(19)14-10-7-8-11-15(14)17/h7-8,10-11H,2-6,9,12,17H2,1H3. The summed E-state index contributed by atoms with van der Waals surface area (Å²) in [6, 6.07) is 6.68. The van der Waals surface area contributed by atoms with Crippen molar-refractivity contribution in [1.82, 2.24) is 0 Å². The second-order valence-corrected chi connectivity index (χ2v) is 4.87. The fourth-order valence-electron chi connectivity index (χ4n) is 1.90. The number of ether oxygens (including phenoxy) is 1. The first-order valence-electron chi connectivity index (χ1n) is 7.18. The quantitative estimate of drug-likeness (QED) is 0.427. The number of esters is 1. The van der Waals surface area contributed by atoms with Gasteiger partial charge < -0.3 is 10.5 Å². The van der Waals surface area contributed by atoms with Gasteiger partial charge in [-0.2, -0.15) is 0 Å². The van der Waals surface area contributed by atoms with Crippen LogP contribution in [0, 0.1) is 0 Å². The lowest BCUT2D eigenvalue weighted by Gasteiger charge is -2.06. The van der Waals surface area contributed by atoms with Crippen LogP contribution >= 0.6 is 0 Å². The zero-order valence-electron chi connectivity index (χ0n) is 12.1. The van der Waals surface area contributed by atoms with Crippen molar-refractivity contribution < 1.29 is 14.3 Å². The van der Waals surface area contributed by atoms with E-state index in [4.69, 9.17) is 10.5 Å². The van der Waals surface area contributed by atoms with Crippen LogP contribution in [0.15, 0.2) is 24.3 Å². The largest absolute Gasteiger partial charge is 0.454 e. The van der Waals surface area contributed by atoms with Gasteiger partial charge >= 0.3 is 5.97 Å². The monoisotopic (exact) mass is 277 g/mol. The van der Waals surface area contributed by atoms with Gasteiger partial charge in [-0.15, -0.1) is 0 Å². The Morgan fingerprint density at radius 2 is 1.80 bits per heavy atom. The Balaban J connectivity index is 2.24. The summed E-state index contributed by atoms with van der Waals surface area (Å²) in [4.78, 5) is 23.3. The molecule has 0 radical (unpaired) electrons. The van der Waals surface area contributed by atoms with Gasteiger partial charge in [0.1, 0.15) is 6.61 Å². The Labute approximate surface area is 120 Å². The molecule has 0 heterocycles. The number of Topliss-reactive ketones (excluding diaryl/α,β-unsaturated/α-hetero) is 1. The van der Waals surface area contributed by atoms with Crippen LogP contribution in [0.5, 0.6) is 0 Å². The third-order valence-corrected chi connectivity index (χ3v) is 3.10. The molecule has 0 aliphatic heterocycles. The molecular weight excluding hydrogens is 254 g/mol. The average Bonchev–Trinajstić information content (AvgIpc) is 2.45. The molecular formula is C16H23NO3. The number of carbonyl (C=O) groups excluding carboxylic acids is 2. The van der Waals surface area contributed by atoms with E-state index >= 15 is 0 Å². The molecule has 0 bridgehead atoms. The summed E-state index contributed by atoms with van der Waals surface area (Å²) >= 11 is 0. The number of unbranched alkanes of at least 4 members (excludes halogenated alkanes) is 4. The molecule has 0 aromatic heterocycles. The molecule has 0 saturated heterocycles. The molecule has 1 aromatic carbocycles. The van der Waals surface area contributed by atoms with Crippen LogP contribution in [0.25, 0.3) is 0 Å². The van der Waals surface area contributed by atoms with Crippen molar-refractivity contribution in [3.63, 3.8) is 0 Å². The van der Waals surface area contributed by atoms with E-state index in [-0.39, 0.29) is 12.4 Å². The van der Waals surface area contributed by atoms with Crippen LogP contribution in [0.1, 0.15) is 55.8 Å². The van der Waals surface area contributed by atoms with Gasteiger partial charge in [0.25, 0.3) is 0 Å². The van der Waals surface area contributed by atoms with Crippen molar-refractivity contribution in [3.8, 4) is 0 Å². The molecule has 4 heteroatoms. The highest BCUT2D eigenvalue weighted by atomic mass is 16.5. The van der Waals surface area contributed by atoms with Gasteiger partial charge in [-0.05, 0) is 18.6 Å². The van der Waals surface area contributed by atoms with Crippen molar-refractivity contribution >= 4 is 17.4 Å². The first kappa shape index (κ1) is 16.2. The van der Waals surface area contributed by atoms with Crippen LogP contribution in [0.3, 0.4) is 0 Å². The van der Waals surface area contributed by atoms with Crippen molar-refractivity contribution in [3.05, 3.63) is 29.8 Å². The number of benzene rings is 1. The maximum absolute atomic E-state index is 11.7. The topological polar surface area (TPSA) is 69.4 Å². The highest BCUT2D eigenvalue weighted by molar-refractivity contribution is 5.96. The lowest BCUT2D eigenvalue weighted by atomic mass is 10.1. The zero-order valence-corrected chi connectivity index (χ0v) is 12.1. The molecule has 0 aliphatic carbocycles. The summed E-state index contributed by atoms with van der Waals surface area (Å²) in [6.45, 7) is 1.99. The lowest BCUT2D eigenvalue weighted by Crippen LogP contribution is -2.15. The first-order valence-corrected chi connectivity index (χ1v) is 7.18. The van der Waals surface area contributed by atoms with Crippen LogP contribution in [-0.4, -0.2) is 18.4 Å². The van der Waals surface area contributed by atoms with Crippen molar-refractivity contribution in [2.75, 3.05) is 12.3 Å². The smallest absolute Gasteiger partial charge is 0.340 e. The summed E-state index contributed by atoms with van der Waals surface area (Å²) in [5.41, 5.74) is 6.34. The number of hydrogen-bond acceptors (Lipinski definition) is 4. The fourth-order valence-corrected chi connectivity index (χ4v) is 1.90. The van der Waals surface area contributed by atoms with Crippen LogP contribution in [0.2, 0.25) is 0 Å². The molecule has 0 unspecified atom stereocenters. The highest BCUT2D eigenvalue weighted by Gasteiger charge is 2.12. The maximum atomic E-state index is 11.7. The van der Waals surface area contributed by atoms with Crippen LogP contribution in [0.4, 0.5) is 5.69 Å². The molecule has 20 heavy (non-hydrogen) atoms. The van der Waals surface area contributed by atoms with E-state index in [0.29, 0.717) is 17.7 Å². The van der Waals surface area contributed by atoms with Gasteiger partial charge in [0.05, 0.1) is 5.56 Å². The van der Waals surface area contributed by atoms with Gasteiger partial charge in [0.2, 0.25) is 0 Å². The minimum atomic E-state index is -0.539. The van der Waals surface area contributed by atoms with Gasteiger partial charge in [-0.3, -0.25) is 4.79 Å². The Morgan fingerprint density at radius 1 is 1.10 bits per heavy atom. The molecule has 0 fully saturated rings. The SMILES string of the molecule is CCCCCCCC(=O)COC(=O)c1ccccc1N. The molecule has 0 spiro atoms. The van der Waals surface area contributed by atoms with E-state index in [1.165, 1.54) is 12.8 Å². The van der Waals surface area contributed by atoms with E-state index in [1.54, 1.807) is 24.3 Å². The summed E-state index contributed by atoms with van der Waals surface area (Å²) in [6.07, 6.45) is 5.94. The van der Waals surface area contributed by atoms with E-state index in [0.717, 1.165) is 19.3 Å².